The summed E-state index contributed by atoms with van der Waals surface area (Å²) in [6.07, 6.45) is 1.66. The Kier molecular flexibility index (Phi) is 3.85. The second-order valence-corrected chi connectivity index (χ2v) is 5.16. The molecule has 5 heteroatoms. The molecule has 1 aromatic rings. The zero-order valence-corrected chi connectivity index (χ0v) is 10.8. The largest absolute Gasteiger partial charge is 0.481 e. The molecule has 1 unspecified atom stereocenters. The third kappa shape index (κ3) is 2.76. The van der Waals surface area contributed by atoms with Crippen LogP contribution in [-0.4, -0.2) is 29.1 Å². The number of carboxylic acids is 1. The van der Waals surface area contributed by atoms with E-state index in [-0.39, 0.29) is 12.0 Å². The van der Waals surface area contributed by atoms with E-state index in [9.17, 15) is 13.6 Å². The number of likely N-dealkylation sites (tertiary alicyclic amines) is 1. The van der Waals surface area contributed by atoms with Gasteiger partial charge in [0.15, 0.2) is 0 Å². The first-order chi connectivity index (χ1) is 8.93. The van der Waals surface area contributed by atoms with Crippen LogP contribution in [-0.2, 0) is 10.3 Å². The quantitative estimate of drug-likeness (QED) is 0.913. The molecule has 3 nitrogen and oxygen atoms in total. The predicted molar refractivity (Wildman–Crippen MR) is 66.8 cm³/mol. The smallest absolute Gasteiger partial charge is 0.305 e. The van der Waals surface area contributed by atoms with Crippen molar-refractivity contribution in [2.24, 2.45) is 0 Å². The van der Waals surface area contributed by atoms with E-state index in [1.54, 1.807) is 6.92 Å². The highest BCUT2D eigenvalue weighted by atomic mass is 19.1. The van der Waals surface area contributed by atoms with Crippen LogP contribution in [0.1, 0.15) is 31.7 Å². The summed E-state index contributed by atoms with van der Waals surface area (Å²) in [5.74, 6) is -2.12. The number of nitrogens with zero attached hydrogens (tertiary/aromatic N) is 1. The zero-order chi connectivity index (χ0) is 14.0. The Morgan fingerprint density at radius 1 is 1.37 bits per heavy atom. The van der Waals surface area contributed by atoms with Crippen molar-refractivity contribution >= 4 is 5.97 Å². The van der Waals surface area contributed by atoms with Crippen LogP contribution in [0.25, 0.3) is 0 Å². The predicted octanol–water partition coefficient (Wildman–Crippen LogP) is 2.75. The SMILES string of the molecule is CC(CC(=O)O)(c1cc(F)ccc1F)N1CCCC1. The van der Waals surface area contributed by atoms with Crippen molar-refractivity contribution in [2.45, 2.75) is 31.7 Å². The average Bonchev–Trinajstić information content (AvgIpc) is 2.85. The number of hydrogen-bond donors (Lipinski definition) is 1. The first-order valence-corrected chi connectivity index (χ1v) is 6.36. The molecule has 2 rings (SSSR count). The molecule has 0 radical (unpaired) electrons. The van der Waals surface area contributed by atoms with Crippen LogP contribution < -0.4 is 0 Å². The summed E-state index contributed by atoms with van der Waals surface area (Å²) in [5, 5.41) is 9.09. The molecule has 1 N–H and O–H groups in total. The van der Waals surface area contributed by atoms with Crippen molar-refractivity contribution in [3.05, 3.63) is 35.4 Å². The molecular weight excluding hydrogens is 252 g/mol. The van der Waals surface area contributed by atoms with Crippen LogP contribution >= 0.6 is 0 Å². The molecule has 104 valence electrons. The van der Waals surface area contributed by atoms with Crippen LogP contribution in [0.15, 0.2) is 18.2 Å². The van der Waals surface area contributed by atoms with Gasteiger partial charge in [-0.2, -0.15) is 0 Å². The van der Waals surface area contributed by atoms with E-state index in [0.717, 1.165) is 31.0 Å². The normalized spacial score (nSPS) is 19.3. The lowest BCUT2D eigenvalue weighted by molar-refractivity contribution is -0.140. The summed E-state index contributed by atoms with van der Waals surface area (Å²) >= 11 is 0. The van der Waals surface area contributed by atoms with Gasteiger partial charge in [0.25, 0.3) is 0 Å². The molecule has 1 heterocycles. The average molecular weight is 269 g/mol. The van der Waals surface area contributed by atoms with E-state index in [1.807, 2.05) is 4.90 Å². The lowest BCUT2D eigenvalue weighted by atomic mass is 9.86. The number of rotatable bonds is 4. The van der Waals surface area contributed by atoms with Gasteiger partial charge in [0.1, 0.15) is 11.6 Å². The van der Waals surface area contributed by atoms with Gasteiger partial charge in [-0.15, -0.1) is 0 Å². The molecule has 1 aliphatic heterocycles. The molecular formula is C14H17F2NO2. The van der Waals surface area contributed by atoms with E-state index < -0.39 is 23.1 Å². The summed E-state index contributed by atoms with van der Waals surface area (Å²) in [4.78, 5) is 13.0. The van der Waals surface area contributed by atoms with Gasteiger partial charge < -0.3 is 5.11 Å². The van der Waals surface area contributed by atoms with Crippen molar-refractivity contribution in [3.63, 3.8) is 0 Å². The molecule has 0 spiro atoms. The number of hydrogen-bond acceptors (Lipinski definition) is 2. The van der Waals surface area contributed by atoms with Gasteiger partial charge in [-0.3, -0.25) is 9.69 Å². The molecule has 0 aliphatic carbocycles. The summed E-state index contributed by atoms with van der Waals surface area (Å²) in [6.45, 7) is 3.09. The Bertz CT molecular complexity index is 486. The Labute approximate surface area is 110 Å². The molecule has 0 saturated carbocycles. The van der Waals surface area contributed by atoms with Crippen LogP contribution in [0.4, 0.5) is 8.78 Å². The van der Waals surface area contributed by atoms with Crippen LogP contribution in [0.2, 0.25) is 0 Å². The van der Waals surface area contributed by atoms with Crippen LogP contribution in [0.5, 0.6) is 0 Å². The topological polar surface area (TPSA) is 40.5 Å². The van der Waals surface area contributed by atoms with Gasteiger partial charge in [0, 0.05) is 5.56 Å². The van der Waals surface area contributed by atoms with Crippen molar-refractivity contribution < 1.29 is 18.7 Å². The standard InChI is InChI=1S/C14H17F2NO2/c1-14(9-13(18)19,17-6-2-3-7-17)11-8-10(15)4-5-12(11)16/h4-5,8H,2-3,6-7,9H2,1H3,(H,18,19). The molecule has 1 aromatic carbocycles. The fourth-order valence-corrected chi connectivity index (χ4v) is 2.79. The number of benzene rings is 1. The number of carbonyl (C=O) groups is 1. The minimum atomic E-state index is -1.02. The van der Waals surface area contributed by atoms with Gasteiger partial charge in [-0.05, 0) is 51.1 Å². The molecule has 1 saturated heterocycles. The Morgan fingerprint density at radius 3 is 2.58 bits per heavy atom. The summed E-state index contributed by atoms with van der Waals surface area (Å²) in [6, 6.07) is 3.21. The van der Waals surface area contributed by atoms with Gasteiger partial charge in [0.05, 0.1) is 12.0 Å². The monoisotopic (exact) mass is 269 g/mol. The maximum absolute atomic E-state index is 14.0. The van der Waals surface area contributed by atoms with Gasteiger partial charge in [0.2, 0.25) is 0 Å². The van der Waals surface area contributed by atoms with Crippen LogP contribution in [0, 0.1) is 11.6 Å². The van der Waals surface area contributed by atoms with Crippen molar-refractivity contribution in [1.82, 2.24) is 4.90 Å². The summed E-state index contributed by atoms with van der Waals surface area (Å²) in [7, 11) is 0. The summed E-state index contributed by atoms with van der Waals surface area (Å²) in [5.41, 5.74) is -0.883. The first-order valence-electron chi connectivity index (χ1n) is 6.36. The van der Waals surface area contributed by atoms with Gasteiger partial charge in [-0.25, -0.2) is 8.78 Å². The maximum atomic E-state index is 14.0. The number of carboxylic acid groups (broad SMARTS) is 1. The maximum Gasteiger partial charge on any atom is 0.305 e. The first kappa shape index (κ1) is 13.9. The molecule has 0 aromatic heterocycles. The molecule has 1 atom stereocenters. The number of aliphatic carboxylic acids is 1. The molecule has 1 fully saturated rings. The minimum absolute atomic E-state index is 0.122. The van der Waals surface area contributed by atoms with E-state index in [2.05, 4.69) is 0 Å². The van der Waals surface area contributed by atoms with Crippen molar-refractivity contribution in [3.8, 4) is 0 Å². The second-order valence-electron chi connectivity index (χ2n) is 5.16. The molecule has 0 amide bonds. The highest BCUT2D eigenvalue weighted by molar-refractivity contribution is 5.69. The van der Waals surface area contributed by atoms with Crippen molar-refractivity contribution in [1.29, 1.82) is 0 Å². The Balaban J connectivity index is 2.46. The number of halogens is 2. The van der Waals surface area contributed by atoms with E-state index in [0.29, 0.717) is 13.1 Å². The van der Waals surface area contributed by atoms with Crippen LogP contribution in [0.3, 0.4) is 0 Å². The van der Waals surface area contributed by atoms with E-state index >= 15 is 0 Å². The molecule has 0 bridgehead atoms. The third-order valence-electron chi connectivity index (χ3n) is 3.81. The third-order valence-corrected chi connectivity index (χ3v) is 3.81. The Morgan fingerprint density at radius 2 is 2.00 bits per heavy atom. The van der Waals surface area contributed by atoms with Gasteiger partial charge in [-0.1, -0.05) is 0 Å². The lowest BCUT2D eigenvalue weighted by Crippen LogP contribution is -2.44. The molecule has 1 aliphatic rings. The van der Waals surface area contributed by atoms with Crippen molar-refractivity contribution in [2.75, 3.05) is 13.1 Å². The fourth-order valence-electron chi connectivity index (χ4n) is 2.79. The molecule has 19 heavy (non-hydrogen) atoms. The van der Waals surface area contributed by atoms with E-state index in [4.69, 9.17) is 5.11 Å². The minimum Gasteiger partial charge on any atom is -0.481 e. The van der Waals surface area contributed by atoms with Gasteiger partial charge >= 0.3 is 5.97 Å². The highest BCUT2D eigenvalue weighted by Gasteiger charge is 2.39. The zero-order valence-electron chi connectivity index (χ0n) is 10.8. The second kappa shape index (κ2) is 5.25. The lowest BCUT2D eigenvalue weighted by Gasteiger charge is -2.38. The Hall–Kier alpha value is -1.49. The highest BCUT2D eigenvalue weighted by Crippen LogP contribution is 2.36. The summed E-state index contributed by atoms with van der Waals surface area (Å²) < 4.78 is 27.4. The fraction of sp³-hybridized carbons (Fsp3) is 0.500. The van der Waals surface area contributed by atoms with E-state index in [1.165, 1.54) is 0 Å².